The van der Waals surface area contributed by atoms with E-state index in [9.17, 15) is 23.3 Å². The Hall–Kier alpha value is -2.39. The van der Waals surface area contributed by atoms with Crippen molar-refractivity contribution in [1.29, 1.82) is 0 Å². The Kier molecular flexibility index (Phi) is 3.96. The number of nitrogens with one attached hydrogen (secondary N) is 1. The molecule has 0 aliphatic rings. The lowest BCUT2D eigenvalue weighted by atomic mass is 10.1. The third-order valence-electron chi connectivity index (χ3n) is 2.47. The zero-order chi connectivity index (χ0) is 15.6. The zero-order valence-electron chi connectivity index (χ0n) is 10.1. The molecule has 10 heteroatoms. The minimum absolute atomic E-state index is 0.0333. The van der Waals surface area contributed by atoms with Gasteiger partial charge in [-0.3, -0.25) is 10.1 Å². The first kappa shape index (κ1) is 15.0. The van der Waals surface area contributed by atoms with E-state index in [0.29, 0.717) is 0 Å². The van der Waals surface area contributed by atoms with Gasteiger partial charge in [-0.1, -0.05) is 18.2 Å². The second kappa shape index (κ2) is 5.54. The second-order valence-electron chi connectivity index (χ2n) is 3.81. The number of nitrogens with zero attached hydrogens (tertiary/aromatic N) is 1. The zero-order valence-corrected chi connectivity index (χ0v) is 11.7. The summed E-state index contributed by atoms with van der Waals surface area (Å²) in [5, 5.41) is 11.5. The first-order valence-corrected chi connectivity index (χ1v) is 7.69. The van der Waals surface area contributed by atoms with Crippen LogP contribution < -0.4 is 9.46 Å². The minimum Gasteiger partial charge on any atom is -0.409 e. The Morgan fingerprint density at radius 2 is 1.81 bits per heavy atom. The van der Waals surface area contributed by atoms with Crippen molar-refractivity contribution in [2.75, 3.05) is 0 Å². The van der Waals surface area contributed by atoms with Crippen LogP contribution in [0, 0.1) is 10.1 Å². The highest BCUT2D eigenvalue weighted by Gasteiger charge is 2.18. The summed E-state index contributed by atoms with van der Waals surface area (Å²) in [6.07, 6.45) is -1.32. The van der Waals surface area contributed by atoms with Gasteiger partial charge in [0.15, 0.2) is 0 Å². The molecule has 8 nitrogen and oxygen atoms in total. The maximum atomic E-state index is 11.4. The number of fused-ring (bicyclic) bond motifs is 1. The van der Waals surface area contributed by atoms with Crippen LogP contribution in [0.5, 0.6) is 5.75 Å². The highest BCUT2D eigenvalue weighted by molar-refractivity contribution is 8.12. The highest BCUT2D eigenvalue weighted by Crippen LogP contribution is 2.32. The summed E-state index contributed by atoms with van der Waals surface area (Å²) >= 11 is 0. The molecule has 0 heterocycles. The Bertz CT molecular complexity index is 836. The molecule has 0 radical (unpaired) electrons. The molecule has 2 aromatic rings. The van der Waals surface area contributed by atoms with E-state index in [-0.39, 0.29) is 22.2 Å². The van der Waals surface area contributed by atoms with Crippen LogP contribution in [0.3, 0.4) is 0 Å². The van der Waals surface area contributed by atoms with Gasteiger partial charge in [0.2, 0.25) is 0 Å². The largest absolute Gasteiger partial charge is 0.427 e. The SMILES string of the molecule is O=C(NS(=O)(=O)Cl)Oc1ccc([N+](=O)[O-])c2ccccc12. The van der Waals surface area contributed by atoms with Crippen molar-refractivity contribution in [2.45, 2.75) is 0 Å². The van der Waals surface area contributed by atoms with Crippen LogP contribution in [0.15, 0.2) is 36.4 Å². The molecule has 0 aliphatic heterocycles. The smallest absolute Gasteiger partial charge is 0.409 e. The molecular formula is C11H7ClN2O6S. The molecule has 0 spiro atoms. The van der Waals surface area contributed by atoms with Gasteiger partial charge in [-0.15, -0.1) is 0 Å². The van der Waals surface area contributed by atoms with Gasteiger partial charge >= 0.3 is 15.3 Å². The monoisotopic (exact) mass is 330 g/mol. The van der Waals surface area contributed by atoms with Gasteiger partial charge in [-0.25, -0.2) is 9.52 Å². The minimum atomic E-state index is -4.28. The predicted octanol–water partition coefficient (Wildman–Crippen LogP) is 2.32. The fourth-order valence-corrected chi connectivity index (χ4v) is 2.15. The maximum Gasteiger partial charge on any atom is 0.427 e. The first-order valence-electron chi connectivity index (χ1n) is 5.38. The number of nitro benzene ring substituents is 1. The number of hydrogen-bond donors (Lipinski definition) is 1. The van der Waals surface area contributed by atoms with Crippen molar-refractivity contribution in [3.63, 3.8) is 0 Å². The van der Waals surface area contributed by atoms with Gasteiger partial charge in [0.05, 0.1) is 10.3 Å². The number of carbonyl (C=O) groups is 1. The number of benzene rings is 2. The standard InChI is InChI=1S/C11H7ClN2O6S/c12-21(18,19)13-11(15)20-10-6-5-9(14(16)17)7-3-1-2-4-8(7)10/h1-6H,(H,13,15). The fourth-order valence-electron chi connectivity index (χ4n) is 1.72. The Labute approximate surface area is 123 Å². The van der Waals surface area contributed by atoms with E-state index in [1.807, 2.05) is 0 Å². The van der Waals surface area contributed by atoms with Crippen molar-refractivity contribution in [2.24, 2.45) is 0 Å². The maximum absolute atomic E-state index is 11.4. The van der Waals surface area contributed by atoms with Crippen molar-refractivity contribution in [3.8, 4) is 5.75 Å². The Morgan fingerprint density at radius 1 is 1.19 bits per heavy atom. The van der Waals surface area contributed by atoms with Crippen LogP contribution in [-0.2, 0) is 9.24 Å². The molecule has 0 fully saturated rings. The molecule has 1 amide bonds. The first-order chi connectivity index (χ1) is 9.78. The lowest BCUT2D eigenvalue weighted by molar-refractivity contribution is -0.383. The van der Waals surface area contributed by atoms with Gasteiger partial charge in [0, 0.05) is 22.1 Å². The van der Waals surface area contributed by atoms with E-state index in [0.717, 1.165) is 6.07 Å². The number of halogens is 1. The molecule has 0 bridgehead atoms. The normalized spacial score (nSPS) is 11.1. The lowest BCUT2D eigenvalue weighted by Gasteiger charge is -2.07. The van der Waals surface area contributed by atoms with Crippen molar-refractivity contribution >= 4 is 42.5 Å². The molecule has 21 heavy (non-hydrogen) atoms. The second-order valence-corrected chi connectivity index (χ2v) is 6.11. The van der Waals surface area contributed by atoms with Gasteiger partial charge in [-0.2, -0.15) is 8.42 Å². The van der Waals surface area contributed by atoms with Crippen molar-refractivity contribution < 1.29 is 22.9 Å². The summed E-state index contributed by atoms with van der Waals surface area (Å²) in [5.41, 5.74) is -0.164. The summed E-state index contributed by atoms with van der Waals surface area (Å²) in [4.78, 5) is 21.7. The predicted molar refractivity (Wildman–Crippen MR) is 74.5 cm³/mol. The van der Waals surface area contributed by atoms with E-state index >= 15 is 0 Å². The number of amides is 1. The van der Waals surface area contributed by atoms with Crippen LogP contribution in [-0.4, -0.2) is 19.4 Å². The third-order valence-corrected chi connectivity index (χ3v) is 3.11. The number of rotatable bonds is 3. The molecule has 0 atom stereocenters. The summed E-state index contributed by atoms with van der Waals surface area (Å²) in [6.45, 7) is 0. The Balaban J connectivity index is 2.45. The van der Waals surface area contributed by atoms with Gasteiger partial charge in [0.1, 0.15) is 5.75 Å². The van der Waals surface area contributed by atoms with E-state index in [2.05, 4.69) is 0 Å². The van der Waals surface area contributed by atoms with Gasteiger partial charge in [-0.05, 0) is 12.1 Å². The van der Waals surface area contributed by atoms with Crippen LogP contribution in [0.2, 0.25) is 0 Å². The molecule has 0 unspecified atom stereocenters. The molecule has 0 aliphatic carbocycles. The summed E-state index contributed by atoms with van der Waals surface area (Å²) < 4.78 is 27.6. The Morgan fingerprint density at radius 3 is 2.38 bits per heavy atom. The van der Waals surface area contributed by atoms with E-state index in [1.165, 1.54) is 22.9 Å². The number of carbonyl (C=O) groups excluding carboxylic acids is 1. The highest BCUT2D eigenvalue weighted by atomic mass is 35.7. The average Bonchev–Trinajstić information content (AvgIpc) is 2.36. The number of hydrogen-bond acceptors (Lipinski definition) is 6. The topological polar surface area (TPSA) is 116 Å². The summed E-state index contributed by atoms with van der Waals surface area (Å²) in [7, 11) is 0.571. The molecule has 0 saturated carbocycles. The van der Waals surface area contributed by atoms with Crippen molar-refractivity contribution in [3.05, 3.63) is 46.5 Å². The van der Waals surface area contributed by atoms with Crippen molar-refractivity contribution in [1.82, 2.24) is 4.72 Å². The lowest BCUT2D eigenvalue weighted by Crippen LogP contribution is -2.29. The summed E-state index contributed by atoms with van der Waals surface area (Å²) in [6, 6.07) is 8.51. The molecule has 110 valence electrons. The number of nitro groups is 1. The van der Waals surface area contributed by atoms with Gasteiger partial charge in [0.25, 0.3) is 5.69 Å². The van der Waals surface area contributed by atoms with Crippen LogP contribution in [0.4, 0.5) is 10.5 Å². The average molecular weight is 331 g/mol. The van der Waals surface area contributed by atoms with E-state index in [4.69, 9.17) is 15.4 Å². The molecule has 2 rings (SSSR count). The molecule has 0 saturated heterocycles. The van der Waals surface area contributed by atoms with E-state index < -0.39 is 20.3 Å². The summed E-state index contributed by atoms with van der Waals surface area (Å²) in [5.74, 6) is -0.0333. The number of ether oxygens (including phenoxy) is 1. The fraction of sp³-hybridized carbons (Fsp3) is 0. The van der Waals surface area contributed by atoms with Gasteiger partial charge < -0.3 is 4.74 Å². The van der Waals surface area contributed by atoms with E-state index in [1.54, 1.807) is 12.1 Å². The molecule has 0 aromatic heterocycles. The quantitative estimate of drug-likeness (QED) is 0.524. The molecular weight excluding hydrogens is 324 g/mol. The van der Waals surface area contributed by atoms with Crippen LogP contribution in [0.25, 0.3) is 10.8 Å². The van der Waals surface area contributed by atoms with Crippen LogP contribution >= 0.6 is 10.7 Å². The van der Waals surface area contributed by atoms with Crippen LogP contribution in [0.1, 0.15) is 0 Å². The molecule has 1 N–H and O–H groups in total. The third kappa shape index (κ3) is 3.58. The molecule has 2 aromatic carbocycles. The number of non-ortho nitro benzene ring substituents is 1.